The largest absolute Gasteiger partial charge is 0.486 e. The van der Waals surface area contributed by atoms with Crippen molar-refractivity contribution in [2.24, 2.45) is 7.05 Å². The third-order valence-corrected chi connectivity index (χ3v) is 5.18. The molecular formula is C19H18BrN3O4. The molecule has 8 heteroatoms. The Hall–Kier alpha value is -2.74. The average molecular weight is 432 g/mol. The summed E-state index contributed by atoms with van der Waals surface area (Å²) < 4.78 is 15.0. The molecule has 2 heterocycles. The molecule has 27 heavy (non-hydrogen) atoms. The van der Waals surface area contributed by atoms with Gasteiger partial charge in [-0.05, 0) is 28.1 Å². The summed E-state index contributed by atoms with van der Waals surface area (Å²) in [6.45, 7) is 1.28. The SMILES string of the molecule is Cn1c(=O)n(CCC(=O)Nc2cc3c(cc2Br)OCCO3)c2ccccc21. The maximum absolute atomic E-state index is 12.4. The monoisotopic (exact) mass is 431 g/mol. The first kappa shape index (κ1) is 17.7. The van der Waals surface area contributed by atoms with Gasteiger partial charge in [0.1, 0.15) is 13.2 Å². The Labute approximate surface area is 163 Å². The highest BCUT2D eigenvalue weighted by atomic mass is 79.9. The molecule has 1 N–H and O–H groups in total. The fourth-order valence-corrected chi connectivity index (χ4v) is 3.59. The zero-order valence-corrected chi connectivity index (χ0v) is 16.3. The Bertz CT molecular complexity index is 1090. The van der Waals surface area contributed by atoms with Gasteiger partial charge in [0.25, 0.3) is 0 Å². The van der Waals surface area contributed by atoms with E-state index in [0.717, 1.165) is 11.0 Å². The average Bonchev–Trinajstić information content (AvgIpc) is 2.91. The van der Waals surface area contributed by atoms with E-state index in [-0.39, 0.29) is 18.0 Å². The van der Waals surface area contributed by atoms with Gasteiger partial charge in [-0.2, -0.15) is 0 Å². The highest BCUT2D eigenvalue weighted by molar-refractivity contribution is 9.10. The van der Waals surface area contributed by atoms with Gasteiger partial charge in [0.2, 0.25) is 5.91 Å². The summed E-state index contributed by atoms with van der Waals surface area (Å²) in [6.07, 6.45) is 0.175. The second-order valence-electron chi connectivity index (χ2n) is 6.26. The molecule has 3 aromatic rings. The summed E-state index contributed by atoms with van der Waals surface area (Å²) in [6, 6.07) is 11.0. The molecule has 1 aliphatic rings. The van der Waals surface area contributed by atoms with Gasteiger partial charge in [0.15, 0.2) is 11.5 Å². The summed E-state index contributed by atoms with van der Waals surface area (Å²) in [5, 5.41) is 2.86. The topological polar surface area (TPSA) is 74.5 Å². The van der Waals surface area contributed by atoms with Crippen molar-refractivity contribution in [3.05, 3.63) is 51.4 Å². The van der Waals surface area contributed by atoms with Crippen LogP contribution in [0.4, 0.5) is 5.69 Å². The Morgan fingerprint density at radius 1 is 1.15 bits per heavy atom. The van der Waals surface area contributed by atoms with E-state index < -0.39 is 0 Å². The minimum Gasteiger partial charge on any atom is -0.486 e. The van der Waals surface area contributed by atoms with E-state index in [1.165, 1.54) is 0 Å². The van der Waals surface area contributed by atoms with Crippen molar-refractivity contribution in [1.29, 1.82) is 0 Å². The summed E-state index contributed by atoms with van der Waals surface area (Å²) in [7, 11) is 1.73. The van der Waals surface area contributed by atoms with E-state index in [4.69, 9.17) is 9.47 Å². The van der Waals surface area contributed by atoms with Gasteiger partial charge >= 0.3 is 5.69 Å². The maximum Gasteiger partial charge on any atom is 0.328 e. The number of amides is 1. The van der Waals surface area contributed by atoms with Gasteiger partial charge in [-0.15, -0.1) is 0 Å². The lowest BCUT2D eigenvalue weighted by atomic mass is 10.2. The first-order valence-electron chi connectivity index (χ1n) is 8.58. The fraction of sp³-hybridized carbons (Fsp3) is 0.263. The lowest BCUT2D eigenvalue weighted by Gasteiger charge is -2.20. The second-order valence-corrected chi connectivity index (χ2v) is 7.11. The molecule has 4 rings (SSSR count). The number of halogens is 1. The zero-order valence-electron chi connectivity index (χ0n) is 14.7. The van der Waals surface area contributed by atoms with Crippen molar-refractivity contribution < 1.29 is 14.3 Å². The van der Waals surface area contributed by atoms with E-state index >= 15 is 0 Å². The van der Waals surface area contributed by atoms with Crippen LogP contribution in [0.2, 0.25) is 0 Å². The molecule has 1 aromatic heterocycles. The van der Waals surface area contributed by atoms with Crippen molar-refractivity contribution >= 4 is 38.6 Å². The highest BCUT2D eigenvalue weighted by Gasteiger charge is 2.17. The number of nitrogens with one attached hydrogen (secondary N) is 1. The van der Waals surface area contributed by atoms with Crippen LogP contribution in [0.15, 0.2) is 45.7 Å². The van der Waals surface area contributed by atoms with Crippen molar-refractivity contribution in [2.45, 2.75) is 13.0 Å². The number of benzene rings is 2. The van der Waals surface area contributed by atoms with Crippen LogP contribution < -0.4 is 20.5 Å². The molecule has 1 aliphatic heterocycles. The molecule has 0 fully saturated rings. The van der Waals surface area contributed by atoms with Crippen LogP contribution in [0.3, 0.4) is 0 Å². The Morgan fingerprint density at radius 3 is 2.56 bits per heavy atom. The molecule has 0 atom stereocenters. The quantitative estimate of drug-likeness (QED) is 0.688. The second kappa shape index (κ2) is 7.11. The number of hydrogen-bond donors (Lipinski definition) is 1. The summed E-state index contributed by atoms with van der Waals surface area (Å²) >= 11 is 3.44. The zero-order chi connectivity index (χ0) is 19.0. The number of carbonyl (C=O) groups excluding carboxylic acids is 1. The van der Waals surface area contributed by atoms with E-state index in [9.17, 15) is 9.59 Å². The molecule has 0 radical (unpaired) electrons. The number of hydrogen-bond acceptors (Lipinski definition) is 4. The Kier molecular flexibility index (Phi) is 4.65. The molecule has 0 bridgehead atoms. The highest BCUT2D eigenvalue weighted by Crippen LogP contribution is 2.38. The van der Waals surface area contributed by atoms with Crippen molar-refractivity contribution in [1.82, 2.24) is 9.13 Å². The van der Waals surface area contributed by atoms with Crippen LogP contribution in [0.1, 0.15) is 6.42 Å². The predicted octanol–water partition coefficient (Wildman–Crippen LogP) is 2.90. The number of nitrogens with zero attached hydrogens (tertiary/aromatic N) is 2. The molecule has 140 valence electrons. The van der Waals surface area contributed by atoms with Crippen LogP contribution in [-0.4, -0.2) is 28.3 Å². The number of carbonyl (C=O) groups is 1. The van der Waals surface area contributed by atoms with Gasteiger partial charge in [-0.1, -0.05) is 12.1 Å². The summed E-state index contributed by atoms with van der Waals surface area (Å²) in [4.78, 5) is 24.9. The van der Waals surface area contributed by atoms with E-state index in [1.807, 2.05) is 24.3 Å². The molecule has 0 spiro atoms. The molecular weight excluding hydrogens is 414 g/mol. The van der Waals surface area contributed by atoms with Crippen molar-refractivity contribution in [2.75, 3.05) is 18.5 Å². The van der Waals surface area contributed by atoms with Gasteiger partial charge in [-0.3, -0.25) is 13.9 Å². The lowest BCUT2D eigenvalue weighted by Crippen LogP contribution is -2.24. The molecule has 0 aliphatic carbocycles. The van der Waals surface area contributed by atoms with Crippen molar-refractivity contribution in [3.63, 3.8) is 0 Å². The minimum absolute atomic E-state index is 0.135. The number of para-hydroxylation sites is 2. The number of aromatic nitrogens is 2. The van der Waals surface area contributed by atoms with E-state index in [1.54, 1.807) is 28.3 Å². The molecule has 1 amide bonds. The van der Waals surface area contributed by atoms with Crippen molar-refractivity contribution in [3.8, 4) is 11.5 Å². The standard InChI is InChI=1S/C19H18BrN3O4/c1-22-14-4-2-3-5-15(14)23(19(22)25)7-6-18(24)21-13-11-17-16(10-12(13)20)26-8-9-27-17/h2-5,10-11H,6-9H2,1H3,(H,21,24). The Morgan fingerprint density at radius 2 is 1.81 bits per heavy atom. The van der Waals surface area contributed by atoms with Gasteiger partial charge in [0.05, 0.1) is 16.7 Å². The molecule has 7 nitrogen and oxygen atoms in total. The number of anilines is 1. The number of ether oxygens (including phenoxy) is 2. The smallest absolute Gasteiger partial charge is 0.328 e. The summed E-state index contributed by atoms with van der Waals surface area (Å²) in [5.74, 6) is 1.06. The molecule has 2 aromatic carbocycles. The maximum atomic E-state index is 12.4. The van der Waals surface area contributed by atoms with Gasteiger partial charge < -0.3 is 14.8 Å². The first-order chi connectivity index (χ1) is 13.0. The minimum atomic E-state index is -0.188. The number of rotatable bonds is 4. The first-order valence-corrected chi connectivity index (χ1v) is 9.37. The van der Waals surface area contributed by atoms with Crippen LogP contribution in [0.25, 0.3) is 11.0 Å². The lowest BCUT2D eigenvalue weighted by molar-refractivity contribution is -0.116. The number of fused-ring (bicyclic) bond motifs is 2. The van der Waals surface area contributed by atoms with Crippen LogP contribution >= 0.6 is 15.9 Å². The van der Waals surface area contributed by atoms with Crippen LogP contribution in [0, 0.1) is 0 Å². The number of imidazole rings is 1. The Balaban J connectivity index is 1.50. The van der Waals surface area contributed by atoms with Crippen LogP contribution in [-0.2, 0) is 18.4 Å². The third kappa shape index (κ3) is 3.32. The normalized spacial score (nSPS) is 13.0. The molecule has 0 saturated heterocycles. The van der Waals surface area contributed by atoms with E-state index in [0.29, 0.717) is 41.4 Å². The van der Waals surface area contributed by atoms with E-state index in [2.05, 4.69) is 21.2 Å². The van der Waals surface area contributed by atoms with Gasteiger partial charge in [-0.25, -0.2) is 4.79 Å². The summed E-state index contributed by atoms with van der Waals surface area (Å²) in [5.41, 5.74) is 2.13. The fourth-order valence-electron chi connectivity index (χ4n) is 3.17. The number of aryl methyl sites for hydroxylation is 2. The van der Waals surface area contributed by atoms with Gasteiger partial charge in [0, 0.05) is 36.6 Å². The molecule has 0 saturated carbocycles. The predicted molar refractivity (Wildman–Crippen MR) is 106 cm³/mol. The van der Waals surface area contributed by atoms with Crippen LogP contribution in [0.5, 0.6) is 11.5 Å². The third-order valence-electron chi connectivity index (χ3n) is 4.52. The molecule has 0 unspecified atom stereocenters.